The van der Waals surface area contributed by atoms with E-state index in [4.69, 9.17) is 15.2 Å². The van der Waals surface area contributed by atoms with Gasteiger partial charge in [0.15, 0.2) is 11.6 Å². The van der Waals surface area contributed by atoms with Gasteiger partial charge in [-0.05, 0) is 37.1 Å². The Morgan fingerprint density at radius 2 is 1.63 bits per heavy atom. The van der Waals surface area contributed by atoms with Gasteiger partial charge in [0.1, 0.15) is 5.75 Å². The van der Waals surface area contributed by atoms with Crippen molar-refractivity contribution in [3.05, 3.63) is 48.7 Å². The van der Waals surface area contributed by atoms with Crippen molar-refractivity contribution >= 4 is 5.82 Å². The molecule has 0 unspecified atom stereocenters. The number of nitrogens with zero attached hydrogens (tertiary/aromatic N) is 1. The zero-order valence-corrected chi connectivity index (χ0v) is 10.8. The smallest absolute Gasteiger partial charge is 0.166 e. The summed E-state index contributed by atoms with van der Waals surface area (Å²) in [4.78, 5) is 3.96. The van der Waals surface area contributed by atoms with Crippen LogP contribution in [-0.4, -0.2) is 18.2 Å². The normalized spacial score (nSPS) is 10.1. The molecule has 0 saturated heterocycles. The summed E-state index contributed by atoms with van der Waals surface area (Å²) >= 11 is 0. The maximum absolute atomic E-state index is 5.68. The van der Waals surface area contributed by atoms with E-state index in [1.54, 1.807) is 6.20 Å². The topological polar surface area (TPSA) is 57.4 Å². The third kappa shape index (κ3) is 4.50. The van der Waals surface area contributed by atoms with E-state index in [9.17, 15) is 0 Å². The van der Waals surface area contributed by atoms with Crippen LogP contribution >= 0.6 is 0 Å². The summed E-state index contributed by atoms with van der Waals surface area (Å²) in [7, 11) is 0. The molecule has 4 nitrogen and oxygen atoms in total. The van der Waals surface area contributed by atoms with Gasteiger partial charge in [-0.15, -0.1) is 0 Å². The van der Waals surface area contributed by atoms with Gasteiger partial charge in [0.2, 0.25) is 0 Å². The van der Waals surface area contributed by atoms with Crippen molar-refractivity contribution in [1.29, 1.82) is 0 Å². The molecule has 1 heterocycles. The summed E-state index contributed by atoms with van der Waals surface area (Å²) in [6.45, 7) is 1.31. The standard InChI is InChI=1S/C15H18N2O2/c16-15-14(9-6-10-17-15)19-12-5-4-11-18-13-7-2-1-3-8-13/h1-3,6-10H,4-5,11-12H2,(H2,16,17). The first kappa shape index (κ1) is 13.2. The fraction of sp³-hybridized carbons (Fsp3) is 0.267. The molecule has 0 aliphatic rings. The second-order valence-corrected chi connectivity index (χ2v) is 4.10. The van der Waals surface area contributed by atoms with E-state index in [1.807, 2.05) is 42.5 Å². The van der Waals surface area contributed by atoms with Crippen molar-refractivity contribution in [3.63, 3.8) is 0 Å². The summed E-state index contributed by atoms with van der Waals surface area (Å²) in [6, 6.07) is 13.4. The molecule has 2 N–H and O–H groups in total. The quantitative estimate of drug-likeness (QED) is 0.776. The lowest BCUT2D eigenvalue weighted by Gasteiger charge is -2.08. The summed E-state index contributed by atoms with van der Waals surface area (Å²) in [5, 5.41) is 0. The van der Waals surface area contributed by atoms with Crippen molar-refractivity contribution in [2.24, 2.45) is 0 Å². The maximum atomic E-state index is 5.68. The highest BCUT2D eigenvalue weighted by Gasteiger charge is 1.99. The van der Waals surface area contributed by atoms with E-state index in [2.05, 4.69) is 4.98 Å². The van der Waals surface area contributed by atoms with Gasteiger partial charge >= 0.3 is 0 Å². The van der Waals surface area contributed by atoms with Crippen molar-refractivity contribution in [1.82, 2.24) is 4.98 Å². The van der Waals surface area contributed by atoms with E-state index >= 15 is 0 Å². The number of nitrogens with two attached hydrogens (primary N) is 1. The molecular formula is C15H18N2O2. The Bertz CT molecular complexity index is 489. The van der Waals surface area contributed by atoms with Gasteiger partial charge < -0.3 is 15.2 Å². The number of unbranched alkanes of at least 4 members (excludes halogenated alkanes) is 1. The Morgan fingerprint density at radius 3 is 2.37 bits per heavy atom. The molecule has 0 aliphatic carbocycles. The highest BCUT2D eigenvalue weighted by atomic mass is 16.5. The predicted molar refractivity (Wildman–Crippen MR) is 75.3 cm³/mol. The highest BCUT2D eigenvalue weighted by Crippen LogP contribution is 2.17. The number of aromatic nitrogens is 1. The summed E-state index contributed by atoms with van der Waals surface area (Å²) < 4.78 is 11.1. The number of hydrogen-bond acceptors (Lipinski definition) is 4. The van der Waals surface area contributed by atoms with Gasteiger partial charge in [-0.2, -0.15) is 0 Å². The molecule has 0 aliphatic heterocycles. The number of ether oxygens (including phenoxy) is 2. The van der Waals surface area contributed by atoms with Gasteiger partial charge in [0, 0.05) is 6.20 Å². The number of nitrogen functional groups attached to an aromatic ring is 1. The minimum absolute atomic E-state index is 0.433. The van der Waals surface area contributed by atoms with E-state index in [0.29, 0.717) is 24.8 Å². The zero-order chi connectivity index (χ0) is 13.3. The lowest BCUT2D eigenvalue weighted by molar-refractivity contribution is 0.267. The third-order valence-corrected chi connectivity index (χ3v) is 2.61. The fourth-order valence-corrected chi connectivity index (χ4v) is 1.62. The zero-order valence-electron chi connectivity index (χ0n) is 10.8. The SMILES string of the molecule is Nc1ncccc1OCCCCOc1ccccc1. The van der Waals surface area contributed by atoms with Crippen LogP contribution < -0.4 is 15.2 Å². The molecule has 0 amide bonds. The molecule has 100 valence electrons. The van der Waals surface area contributed by atoms with Crippen LogP contribution in [0.25, 0.3) is 0 Å². The van der Waals surface area contributed by atoms with Crippen LogP contribution in [0.5, 0.6) is 11.5 Å². The first-order valence-corrected chi connectivity index (χ1v) is 6.37. The van der Waals surface area contributed by atoms with Crippen LogP contribution in [0.15, 0.2) is 48.7 Å². The Labute approximate surface area is 113 Å². The average molecular weight is 258 g/mol. The molecular weight excluding hydrogens is 240 g/mol. The number of pyridine rings is 1. The molecule has 0 spiro atoms. The number of para-hydroxylation sites is 1. The molecule has 0 fully saturated rings. The van der Waals surface area contributed by atoms with Gasteiger partial charge in [-0.3, -0.25) is 0 Å². The molecule has 0 bridgehead atoms. The molecule has 1 aromatic heterocycles. The van der Waals surface area contributed by atoms with Gasteiger partial charge in [0.25, 0.3) is 0 Å². The van der Waals surface area contributed by atoms with Crippen molar-refractivity contribution in [2.45, 2.75) is 12.8 Å². The van der Waals surface area contributed by atoms with E-state index in [0.717, 1.165) is 18.6 Å². The number of benzene rings is 1. The molecule has 0 radical (unpaired) electrons. The van der Waals surface area contributed by atoms with Crippen LogP contribution in [0.1, 0.15) is 12.8 Å². The van der Waals surface area contributed by atoms with Crippen molar-refractivity contribution < 1.29 is 9.47 Å². The monoisotopic (exact) mass is 258 g/mol. The third-order valence-electron chi connectivity index (χ3n) is 2.61. The number of anilines is 1. The summed E-state index contributed by atoms with van der Waals surface area (Å²) in [6.07, 6.45) is 3.51. The van der Waals surface area contributed by atoms with E-state index < -0.39 is 0 Å². The van der Waals surface area contributed by atoms with E-state index in [-0.39, 0.29) is 0 Å². The highest BCUT2D eigenvalue weighted by molar-refractivity contribution is 5.44. The first-order valence-electron chi connectivity index (χ1n) is 6.37. The first-order chi connectivity index (χ1) is 9.36. The number of rotatable bonds is 7. The van der Waals surface area contributed by atoms with Gasteiger partial charge in [-0.25, -0.2) is 4.98 Å². The van der Waals surface area contributed by atoms with E-state index in [1.165, 1.54) is 0 Å². The minimum atomic E-state index is 0.433. The van der Waals surface area contributed by atoms with Crippen molar-refractivity contribution in [3.8, 4) is 11.5 Å². The molecule has 0 saturated carbocycles. The largest absolute Gasteiger partial charge is 0.494 e. The summed E-state index contributed by atoms with van der Waals surface area (Å²) in [5.74, 6) is 1.98. The number of hydrogen-bond donors (Lipinski definition) is 1. The Kier molecular flexibility index (Phi) is 5.05. The Balaban J connectivity index is 1.59. The average Bonchev–Trinajstić information content (AvgIpc) is 2.45. The van der Waals surface area contributed by atoms with Crippen LogP contribution in [0.4, 0.5) is 5.82 Å². The second kappa shape index (κ2) is 7.26. The van der Waals surface area contributed by atoms with Crippen molar-refractivity contribution in [2.75, 3.05) is 18.9 Å². The van der Waals surface area contributed by atoms with Gasteiger partial charge in [0.05, 0.1) is 13.2 Å². The minimum Gasteiger partial charge on any atom is -0.494 e. The lowest BCUT2D eigenvalue weighted by atomic mass is 10.3. The maximum Gasteiger partial charge on any atom is 0.166 e. The molecule has 1 aromatic carbocycles. The molecule has 2 rings (SSSR count). The predicted octanol–water partition coefficient (Wildman–Crippen LogP) is 2.90. The Hall–Kier alpha value is -2.23. The van der Waals surface area contributed by atoms with Crippen LogP contribution in [0.3, 0.4) is 0 Å². The fourth-order valence-electron chi connectivity index (χ4n) is 1.62. The van der Waals surface area contributed by atoms with Crippen LogP contribution in [0.2, 0.25) is 0 Å². The molecule has 2 aromatic rings. The molecule has 19 heavy (non-hydrogen) atoms. The summed E-state index contributed by atoms with van der Waals surface area (Å²) in [5.41, 5.74) is 5.68. The Morgan fingerprint density at radius 1 is 0.895 bits per heavy atom. The lowest BCUT2D eigenvalue weighted by Crippen LogP contribution is -2.04. The van der Waals surface area contributed by atoms with Gasteiger partial charge in [-0.1, -0.05) is 18.2 Å². The van der Waals surface area contributed by atoms with Crippen LogP contribution in [0, 0.1) is 0 Å². The van der Waals surface area contributed by atoms with Crippen LogP contribution in [-0.2, 0) is 0 Å². The second-order valence-electron chi connectivity index (χ2n) is 4.10. The molecule has 0 atom stereocenters. The molecule has 4 heteroatoms.